The van der Waals surface area contributed by atoms with E-state index in [0.717, 1.165) is 24.6 Å². The molecule has 0 bridgehead atoms. The Morgan fingerprint density at radius 2 is 1.89 bits per heavy atom. The lowest BCUT2D eigenvalue weighted by atomic mass is 10.0. The van der Waals surface area contributed by atoms with E-state index < -0.39 is 11.2 Å². The summed E-state index contributed by atoms with van der Waals surface area (Å²) in [5.41, 5.74) is -0.265. The van der Waals surface area contributed by atoms with E-state index in [1.165, 1.54) is 12.1 Å². The molecule has 7 nitrogen and oxygen atoms in total. The third kappa shape index (κ3) is 4.75. The predicted molar refractivity (Wildman–Crippen MR) is 104 cm³/mol. The van der Waals surface area contributed by atoms with Crippen LogP contribution in [0.15, 0.2) is 39.9 Å². The third-order valence-electron chi connectivity index (χ3n) is 5.10. The standard InChI is InChI=1S/C20H25FN4O3/c1-13(2)17-12-25(19(27)16-10-18(26)23-20(28)22-16)9-3-8-24(17)11-14-4-6-15(21)7-5-14/h4-7,10,13,17H,3,8-9,11-12H2,1-2H3,(H2,22,23,26,28). The molecule has 1 aliphatic heterocycles. The Morgan fingerprint density at radius 3 is 2.54 bits per heavy atom. The molecule has 150 valence electrons. The summed E-state index contributed by atoms with van der Waals surface area (Å²) >= 11 is 0. The van der Waals surface area contributed by atoms with Crippen molar-refractivity contribution >= 4 is 5.91 Å². The average Bonchev–Trinajstić information content (AvgIpc) is 2.85. The van der Waals surface area contributed by atoms with E-state index in [4.69, 9.17) is 0 Å². The number of hydrogen-bond donors (Lipinski definition) is 2. The molecule has 1 aliphatic rings. The Labute approximate surface area is 162 Å². The van der Waals surface area contributed by atoms with Crippen molar-refractivity contribution in [3.63, 3.8) is 0 Å². The zero-order valence-corrected chi connectivity index (χ0v) is 16.1. The number of aromatic amines is 2. The number of nitrogens with zero attached hydrogens (tertiary/aromatic N) is 2. The van der Waals surface area contributed by atoms with Crippen molar-refractivity contribution in [2.45, 2.75) is 32.9 Å². The van der Waals surface area contributed by atoms with Gasteiger partial charge in [-0.2, -0.15) is 0 Å². The van der Waals surface area contributed by atoms with Crippen LogP contribution in [0, 0.1) is 11.7 Å². The summed E-state index contributed by atoms with van der Waals surface area (Å²) in [4.78, 5) is 44.4. The SMILES string of the molecule is CC(C)C1CN(C(=O)c2cc(=O)[nH]c(=O)[nH]2)CCCN1Cc1ccc(F)cc1. The van der Waals surface area contributed by atoms with Gasteiger partial charge < -0.3 is 9.88 Å². The highest BCUT2D eigenvalue weighted by atomic mass is 19.1. The smallest absolute Gasteiger partial charge is 0.326 e. The van der Waals surface area contributed by atoms with Gasteiger partial charge in [0.15, 0.2) is 0 Å². The van der Waals surface area contributed by atoms with Gasteiger partial charge >= 0.3 is 5.69 Å². The van der Waals surface area contributed by atoms with E-state index >= 15 is 0 Å². The Balaban J connectivity index is 1.80. The lowest BCUT2D eigenvalue weighted by molar-refractivity contribution is 0.0696. The summed E-state index contributed by atoms with van der Waals surface area (Å²) in [7, 11) is 0. The molecule has 1 unspecified atom stereocenters. The van der Waals surface area contributed by atoms with Gasteiger partial charge in [0.05, 0.1) is 0 Å². The van der Waals surface area contributed by atoms with Gasteiger partial charge in [-0.05, 0) is 30.0 Å². The lowest BCUT2D eigenvalue weighted by Gasteiger charge is -2.34. The molecule has 2 aromatic rings. The van der Waals surface area contributed by atoms with Gasteiger partial charge in [-0.15, -0.1) is 0 Å². The van der Waals surface area contributed by atoms with Crippen molar-refractivity contribution in [2.24, 2.45) is 5.92 Å². The maximum atomic E-state index is 13.2. The molecule has 28 heavy (non-hydrogen) atoms. The fourth-order valence-corrected chi connectivity index (χ4v) is 3.65. The average molecular weight is 388 g/mol. The molecule has 0 radical (unpaired) electrons. The van der Waals surface area contributed by atoms with Crippen LogP contribution in [0.5, 0.6) is 0 Å². The Morgan fingerprint density at radius 1 is 1.18 bits per heavy atom. The van der Waals surface area contributed by atoms with Crippen molar-refractivity contribution in [1.29, 1.82) is 0 Å². The fraction of sp³-hybridized carbons (Fsp3) is 0.450. The van der Waals surface area contributed by atoms with E-state index in [0.29, 0.717) is 19.6 Å². The van der Waals surface area contributed by atoms with Crippen molar-refractivity contribution in [3.8, 4) is 0 Å². The van der Waals surface area contributed by atoms with E-state index in [-0.39, 0.29) is 29.4 Å². The van der Waals surface area contributed by atoms with Crippen LogP contribution < -0.4 is 11.2 Å². The second-order valence-corrected chi connectivity index (χ2v) is 7.51. The normalized spacial score (nSPS) is 18.3. The largest absolute Gasteiger partial charge is 0.336 e. The summed E-state index contributed by atoms with van der Waals surface area (Å²) < 4.78 is 13.2. The first-order chi connectivity index (χ1) is 13.3. The van der Waals surface area contributed by atoms with Crippen LogP contribution in [0.1, 0.15) is 36.3 Å². The number of rotatable bonds is 4. The molecule has 1 amide bonds. The molecular weight excluding hydrogens is 363 g/mol. The summed E-state index contributed by atoms with van der Waals surface area (Å²) in [5, 5.41) is 0. The first kappa shape index (κ1) is 20.0. The van der Waals surface area contributed by atoms with Crippen molar-refractivity contribution < 1.29 is 9.18 Å². The minimum absolute atomic E-state index is 0.00300. The highest BCUT2D eigenvalue weighted by Gasteiger charge is 2.30. The number of aromatic nitrogens is 2. The van der Waals surface area contributed by atoms with Gasteiger partial charge in [-0.1, -0.05) is 26.0 Å². The van der Waals surface area contributed by atoms with Crippen molar-refractivity contribution in [3.05, 3.63) is 68.2 Å². The van der Waals surface area contributed by atoms with Gasteiger partial charge in [-0.3, -0.25) is 19.5 Å². The summed E-state index contributed by atoms with van der Waals surface area (Å²) in [6.45, 7) is 6.71. The first-order valence-electron chi connectivity index (χ1n) is 9.45. The highest BCUT2D eigenvalue weighted by Crippen LogP contribution is 2.21. The van der Waals surface area contributed by atoms with Crippen LogP contribution >= 0.6 is 0 Å². The minimum Gasteiger partial charge on any atom is -0.336 e. The second kappa shape index (κ2) is 8.52. The predicted octanol–water partition coefficient (Wildman–Crippen LogP) is 1.58. The maximum Gasteiger partial charge on any atom is 0.326 e. The highest BCUT2D eigenvalue weighted by molar-refractivity contribution is 5.92. The Kier molecular flexibility index (Phi) is 6.08. The van der Waals surface area contributed by atoms with Gasteiger partial charge in [0, 0.05) is 38.3 Å². The molecule has 0 spiro atoms. The molecule has 1 aromatic heterocycles. The molecule has 2 heterocycles. The lowest BCUT2D eigenvalue weighted by Crippen LogP contribution is -2.46. The number of H-pyrrole nitrogens is 2. The summed E-state index contributed by atoms with van der Waals surface area (Å²) in [6, 6.07) is 7.69. The van der Waals surface area contributed by atoms with Crippen LogP contribution in [0.25, 0.3) is 0 Å². The topological polar surface area (TPSA) is 89.3 Å². The van der Waals surface area contributed by atoms with E-state index in [1.807, 2.05) is 0 Å². The van der Waals surface area contributed by atoms with Crippen molar-refractivity contribution in [2.75, 3.05) is 19.6 Å². The fourth-order valence-electron chi connectivity index (χ4n) is 3.65. The first-order valence-corrected chi connectivity index (χ1v) is 9.45. The summed E-state index contributed by atoms with van der Waals surface area (Å²) in [6.07, 6.45) is 0.767. The summed E-state index contributed by atoms with van der Waals surface area (Å²) in [5.74, 6) is -0.326. The third-order valence-corrected chi connectivity index (χ3v) is 5.10. The number of carbonyl (C=O) groups excluding carboxylic acids is 1. The van der Waals surface area contributed by atoms with Gasteiger partial charge in [-0.25, -0.2) is 9.18 Å². The Hall–Kier alpha value is -2.74. The van der Waals surface area contributed by atoms with E-state index in [1.54, 1.807) is 17.0 Å². The zero-order valence-electron chi connectivity index (χ0n) is 16.1. The van der Waals surface area contributed by atoms with Crippen LogP contribution in [0.2, 0.25) is 0 Å². The van der Waals surface area contributed by atoms with E-state index in [2.05, 4.69) is 28.7 Å². The molecule has 8 heteroatoms. The number of nitrogens with one attached hydrogen (secondary N) is 2. The number of halogens is 1. The van der Waals surface area contributed by atoms with Crippen molar-refractivity contribution in [1.82, 2.24) is 19.8 Å². The monoisotopic (exact) mass is 388 g/mol. The molecule has 1 saturated heterocycles. The van der Waals surface area contributed by atoms with Crippen LogP contribution in [-0.4, -0.2) is 51.4 Å². The molecule has 3 rings (SSSR count). The number of benzene rings is 1. The molecular formula is C20H25FN4O3. The quantitative estimate of drug-likeness (QED) is 0.832. The van der Waals surface area contributed by atoms with Gasteiger partial charge in [0.1, 0.15) is 11.5 Å². The molecule has 0 saturated carbocycles. The molecule has 0 aliphatic carbocycles. The molecule has 2 N–H and O–H groups in total. The van der Waals surface area contributed by atoms with Crippen LogP contribution in [-0.2, 0) is 6.54 Å². The minimum atomic E-state index is -0.691. The van der Waals surface area contributed by atoms with Crippen LogP contribution in [0.3, 0.4) is 0 Å². The van der Waals surface area contributed by atoms with Gasteiger partial charge in [0.2, 0.25) is 0 Å². The van der Waals surface area contributed by atoms with Gasteiger partial charge in [0.25, 0.3) is 11.5 Å². The zero-order chi connectivity index (χ0) is 20.3. The number of amides is 1. The molecule has 1 aromatic carbocycles. The van der Waals surface area contributed by atoms with E-state index in [9.17, 15) is 18.8 Å². The number of carbonyl (C=O) groups is 1. The number of hydrogen-bond acceptors (Lipinski definition) is 4. The molecule has 1 fully saturated rings. The Bertz CT molecular complexity index is 907. The maximum absolute atomic E-state index is 13.2. The second-order valence-electron chi connectivity index (χ2n) is 7.51. The molecule has 1 atom stereocenters. The van der Waals surface area contributed by atoms with Crippen LogP contribution in [0.4, 0.5) is 4.39 Å².